The molecule has 0 spiro atoms. The zero-order valence-electron chi connectivity index (χ0n) is 24.2. The van der Waals surface area contributed by atoms with Crippen molar-refractivity contribution in [3.63, 3.8) is 0 Å². The topological polar surface area (TPSA) is 108 Å². The van der Waals surface area contributed by atoms with E-state index in [2.05, 4.69) is 23.3 Å². The van der Waals surface area contributed by atoms with Crippen molar-refractivity contribution in [1.82, 2.24) is 0 Å². The molecule has 2 atom stereocenters. The Kier molecular flexibility index (Phi) is 34.3. The number of methoxy groups -OCH3 is 2. The van der Waals surface area contributed by atoms with Crippen molar-refractivity contribution in [2.24, 2.45) is 0 Å². The maximum atomic E-state index is 11.4. The van der Waals surface area contributed by atoms with Crippen LogP contribution in [-0.4, -0.2) is 73.9 Å². The fraction of sp³-hybridized carbons (Fsp3) is 1.00. The fourth-order valence-electron chi connectivity index (χ4n) is 3.74. The second-order valence-corrected chi connectivity index (χ2v) is 11.2. The molecular weight excluding hydrogens is 548 g/mol. The van der Waals surface area contributed by atoms with Gasteiger partial charge in [-0.15, -0.1) is 0 Å². The van der Waals surface area contributed by atoms with Gasteiger partial charge in [-0.3, -0.25) is 8.37 Å². The molecule has 0 heterocycles. The molecular formula is C27H58O10S2. The predicted octanol–water partition coefficient (Wildman–Crippen LogP) is 6.33. The molecule has 0 aromatic carbocycles. The highest BCUT2D eigenvalue weighted by Crippen LogP contribution is 2.21. The molecule has 238 valence electrons. The second kappa shape index (κ2) is 32.5. The zero-order valence-corrected chi connectivity index (χ0v) is 25.8. The Balaban J connectivity index is 0. The Morgan fingerprint density at radius 3 is 1.23 bits per heavy atom. The van der Waals surface area contributed by atoms with Gasteiger partial charge in [0.1, 0.15) is 13.6 Å². The predicted molar refractivity (Wildman–Crippen MR) is 156 cm³/mol. The number of unbranched alkanes of at least 4 members (excludes halogenated alkanes) is 3. The van der Waals surface area contributed by atoms with E-state index in [1.807, 2.05) is 0 Å². The standard InChI is InChI=1S/2C10H20O5S.C6H14.CH4/c2*1-12-7-13-8-14-9-16(11)15-10-5-3-2-4-6-10;1-3-5-6-4-2;/h2*10H,2-9H2,1H3;3-6H2,1-2H3;1H4. The summed E-state index contributed by atoms with van der Waals surface area (Å²) >= 11 is -2.73. The van der Waals surface area contributed by atoms with Crippen LogP contribution < -0.4 is 0 Å². The van der Waals surface area contributed by atoms with Gasteiger partial charge in [0, 0.05) is 14.2 Å². The monoisotopic (exact) mass is 606 g/mol. The molecule has 39 heavy (non-hydrogen) atoms. The van der Waals surface area contributed by atoms with E-state index in [1.54, 1.807) is 0 Å². The average molecular weight is 607 g/mol. The first-order chi connectivity index (χ1) is 18.6. The van der Waals surface area contributed by atoms with Crippen LogP contribution in [0.5, 0.6) is 0 Å². The van der Waals surface area contributed by atoms with E-state index in [1.165, 1.54) is 78.4 Å². The van der Waals surface area contributed by atoms with E-state index in [-0.39, 0.29) is 58.7 Å². The molecule has 2 aliphatic rings. The Morgan fingerprint density at radius 2 is 0.923 bits per heavy atom. The molecule has 2 fully saturated rings. The van der Waals surface area contributed by atoms with Crippen LogP contribution in [0.15, 0.2) is 0 Å². The number of rotatable bonds is 19. The van der Waals surface area contributed by atoms with Gasteiger partial charge in [-0.2, -0.15) is 0 Å². The minimum atomic E-state index is -1.37. The molecule has 2 saturated carbocycles. The van der Waals surface area contributed by atoms with Crippen LogP contribution in [0, 0.1) is 0 Å². The minimum Gasteiger partial charge on any atom is -0.359 e. The highest BCUT2D eigenvalue weighted by atomic mass is 32.2. The molecule has 0 amide bonds. The van der Waals surface area contributed by atoms with Crippen molar-refractivity contribution in [3.8, 4) is 0 Å². The van der Waals surface area contributed by atoms with E-state index < -0.39 is 22.2 Å². The Hall–Kier alpha value is -0.0200. The lowest BCUT2D eigenvalue weighted by atomic mass is 9.98. The second-order valence-electron chi connectivity index (χ2n) is 9.13. The first kappa shape index (κ1) is 41.1. The van der Waals surface area contributed by atoms with E-state index in [0.717, 1.165) is 25.7 Å². The minimum absolute atomic E-state index is 0. The first-order valence-corrected chi connectivity index (χ1v) is 16.5. The molecule has 2 rings (SSSR count). The third-order valence-electron chi connectivity index (χ3n) is 5.64. The lowest BCUT2D eigenvalue weighted by molar-refractivity contribution is -0.112. The molecule has 0 aromatic heterocycles. The van der Waals surface area contributed by atoms with E-state index in [9.17, 15) is 8.42 Å². The van der Waals surface area contributed by atoms with Crippen LogP contribution in [0.3, 0.4) is 0 Å². The van der Waals surface area contributed by atoms with Gasteiger partial charge in [0.25, 0.3) is 0 Å². The molecule has 2 aliphatic carbocycles. The van der Waals surface area contributed by atoms with Crippen molar-refractivity contribution in [2.75, 3.05) is 53.3 Å². The van der Waals surface area contributed by atoms with Gasteiger partial charge in [0.15, 0.2) is 47.6 Å². The summed E-state index contributed by atoms with van der Waals surface area (Å²) in [6, 6.07) is 0. The first-order valence-electron chi connectivity index (χ1n) is 14.0. The Bertz CT molecular complexity index is 485. The summed E-state index contributed by atoms with van der Waals surface area (Å²) < 4.78 is 62.7. The zero-order chi connectivity index (χ0) is 28.1. The summed E-state index contributed by atoms with van der Waals surface area (Å²) in [4.78, 5) is 0. The van der Waals surface area contributed by atoms with Crippen molar-refractivity contribution in [1.29, 1.82) is 0 Å². The van der Waals surface area contributed by atoms with Gasteiger partial charge < -0.3 is 28.4 Å². The maximum Gasteiger partial charge on any atom is 0.182 e. The van der Waals surface area contributed by atoms with Crippen LogP contribution in [0.1, 0.15) is 111 Å². The third-order valence-corrected chi connectivity index (χ3v) is 7.34. The Morgan fingerprint density at radius 1 is 0.564 bits per heavy atom. The van der Waals surface area contributed by atoms with Crippen LogP contribution >= 0.6 is 0 Å². The quantitative estimate of drug-likeness (QED) is 0.122. The molecule has 0 saturated heterocycles. The summed E-state index contributed by atoms with van der Waals surface area (Å²) in [5, 5.41) is 0. The van der Waals surface area contributed by atoms with Gasteiger partial charge in [-0.25, -0.2) is 8.42 Å². The SMILES string of the molecule is C.CCCCCC.COCOCOCS(=O)OC1CCCCC1.COCOCOCS(=O)OC1CCCCC1. The van der Waals surface area contributed by atoms with Crippen molar-refractivity contribution in [2.45, 2.75) is 123 Å². The maximum absolute atomic E-state index is 11.4. The van der Waals surface area contributed by atoms with Gasteiger partial charge in [0.05, 0.1) is 12.2 Å². The van der Waals surface area contributed by atoms with Crippen LogP contribution in [0.25, 0.3) is 0 Å². The van der Waals surface area contributed by atoms with Crippen molar-refractivity contribution in [3.05, 3.63) is 0 Å². The summed E-state index contributed by atoms with van der Waals surface area (Å²) in [7, 11) is 3.06. The van der Waals surface area contributed by atoms with Crippen LogP contribution in [0.2, 0.25) is 0 Å². The van der Waals surface area contributed by atoms with Gasteiger partial charge >= 0.3 is 0 Å². The highest BCUT2D eigenvalue weighted by Gasteiger charge is 2.17. The molecule has 0 aliphatic heterocycles. The smallest absolute Gasteiger partial charge is 0.182 e. The van der Waals surface area contributed by atoms with E-state index >= 15 is 0 Å². The van der Waals surface area contributed by atoms with Crippen LogP contribution in [0.4, 0.5) is 0 Å². The summed E-state index contributed by atoms with van der Waals surface area (Å²) in [5.74, 6) is 0.112. The largest absolute Gasteiger partial charge is 0.359 e. The Labute approximate surface area is 243 Å². The summed E-state index contributed by atoms with van der Waals surface area (Å²) in [5.41, 5.74) is 0. The molecule has 10 nitrogen and oxygen atoms in total. The lowest BCUT2D eigenvalue weighted by Crippen LogP contribution is -2.20. The summed E-state index contributed by atoms with van der Waals surface area (Å²) in [6.07, 6.45) is 17.0. The molecule has 0 radical (unpaired) electrons. The third kappa shape index (κ3) is 29.3. The van der Waals surface area contributed by atoms with Gasteiger partial charge in [-0.05, 0) is 25.7 Å². The molecule has 0 bridgehead atoms. The number of hydrogen-bond acceptors (Lipinski definition) is 10. The normalized spacial score (nSPS) is 17.6. The molecule has 0 aromatic rings. The fourth-order valence-corrected chi connectivity index (χ4v) is 5.25. The van der Waals surface area contributed by atoms with Gasteiger partial charge in [-0.1, -0.05) is 85.5 Å². The van der Waals surface area contributed by atoms with Crippen molar-refractivity contribution >= 4 is 22.2 Å². The molecule has 12 heteroatoms. The van der Waals surface area contributed by atoms with Crippen LogP contribution in [-0.2, 0) is 58.9 Å². The lowest BCUT2D eigenvalue weighted by Gasteiger charge is -2.20. The van der Waals surface area contributed by atoms with E-state index in [4.69, 9.17) is 27.3 Å². The number of ether oxygens (including phenoxy) is 6. The summed E-state index contributed by atoms with van der Waals surface area (Å²) in [6.45, 7) is 4.97. The molecule has 0 N–H and O–H groups in total. The van der Waals surface area contributed by atoms with Crippen molar-refractivity contribution < 1.29 is 45.2 Å². The number of hydrogen-bond donors (Lipinski definition) is 0. The molecule has 2 unspecified atom stereocenters. The van der Waals surface area contributed by atoms with E-state index in [0.29, 0.717) is 0 Å². The average Bonchev–Trinajstić information content (AvgIpc) is 2.93. The van der Waals surface area contributed by atoms with Gasteiger partial charge in [0.2, 0.25) is 0 Å². The highest BCUT2D eigenvalue weighted by molar-refractivity contribution is 7.80.